The van der Waals surface area contributed by atoms with E-state index in [2.05, 4.69) is 11.4 Å². The zero-order valence-corrected chi connectivity index (χ0v) is 6.66. The lowest BCUT2D eigenvalue weighted by molar-refractivity contribution is 0.678. The molecule has 1 N–H and O–H groups in total. The van der Waals surface area contributed by atoms with Crippen LogP contribution < -0.4 is 5.32 Å². The van der Waals surface area contributed by atoms with E-state index in [1.165, 1.54) is 0 Å². The van der Waals surface area contributed by atoms with Crippen LogP contribution in [0.1, 0.15) is 6.92 Å². The largest absolute Gasteiger partial charge is 0.302 e. The second-order valence-electron chi connectivity index (χ2n) is 1.69. The standard InChI is InChI=1S/C6H12N2S/c1-3-8-6(4-7)5-9-2/h6,8H,3,5H2,1-2H3. The molecule has 0 aromatic rings. The van der Waals surface area contributed by atoms with Crippen molar-refractivity contribution in [3.05, 3.63) is 0 Å². The van der Waals surface area contributed by atoms with Gasteiger partial charge in [0.25, 0.3) is 0 Å². The summed E-state index contributed by atoms with van der Waals surface area (Å²) in [6.45, 7) is 2.88. The van der Waals surface area contributed by atoms with Crippen molar-refractivity contribution in [2.45, 2.75) is 13.0 Å². The van der Waals surface area contributed by atoms with Gasteiger partial charge < -0.3 is 5.32 Å². The molecule has 0 saturated carbocycles. The molecule has 0 heterocycles. The van der Waals surface area contributed by atoms with Crippen LogP contribution in [0.3, 0.4) is 0 Å². The Morgan fingerprint density at radius 3 is 2.78 bits per heavy atom. The third-order valence-electron chi connectivity index (χ3n) is 0.940. The highest BCUT2D eigenvalue weighted by molar-refractivity contribution is 7.98. The van der Waals surface area contributed by atoms with Crippen LogP contribution in [0.4, 0.5) is 0 Å². The lowest BCUT2D eigenvalue weighted by Crippen LogP contribution is -2.29. The Balaban J connectivity index is 3.32. The molecule has 0 aromatic heterocycles. The minimum absolute atomic E-state index is 0.0324. The van der Waals surface area contributed by atoms with Crippen molar-refractivity contribution in [1.29, 1.82) is 5.26 Å². The third kappa shape index (κ3) is 4.31. The number of hydrogen-bond acceptors (Lipinski definition) is 3. The summed E-state index contributed by atoms with van der Waals surface area (Å²) in [5, 5.41) is 11.5. The quantitative estimate of drug-likeness (QED) is 0.635. The van der Waals surface area contributed by atoms with Gasteiger partial charge >= 0.3 is 0 Å². The van der Waals surface area contributed by atoms with Crippen LogP contribution in [0.25, 0.3) is 0 Å². The number of nitriles is 1. The van der Waals surface area contributed by atoms with Crippen LogP contribution in [0.2, 0.25) is 0 Å². The molecule has 3 heteroatoms. The van der Waals surface area contributed by atoms with Gasteiger partial charge in [-0.2, -0.15) is 17.0 Å². The van der Waals surface area contributed by atoms with Crippen LogP contribution in [-0.2, 0) is 0 Å². The highest BCUT2D eigenvalue weighted by Crippen LogP contribution is 1.94. The fourth-order valence-corrected chi connectivity index (χ4v) is 1.08. The fourth-order valence-electron chi connectivity index (χ4n) is 0.555. The molecular weight excluding hydrogens is 132 g/mol. The third-order valence-corrected chi connectivity index (χ3v) is 1.61. The Bertz CT molecular complexity index is 91.7. The minimum Gasteiger partial charge on any atom is -0.302 e. The Labute approximate surface area is 60.6 Å². The van der Waals surface area contributed by atoms with Crippen molar-refractivity contribution in [1.82, 2.24) is 5.32 Å². The molecule has 0 spiro atoms. The van der Waals surface area contributed by atoms with Crippen molar-refractivity contribution in [3.63, 3.8) is 0 Å². The maximum Gasteiger partial charge on any atom is 0.104 e. The van der Waals surface area contributed by atoms with E-state index in [1.54, 1.807) is 11.8 Å². The molecule has 9 heavy (non-hydrogen) atoms. The van der Waals surface area contributed by atoms with Gasteiger partial charge in [-0.3, -0.25) is 0 Å². The Morgan fingerprint density at radius 2 is 2.44 bits per heavy atom. The predicted molar refractivity (Wildman–Crippen MR) is 41.5 cm³/mol. The van der Waals surface area contributed by atoms with Gasteiger partial charge in [-0.15, -0.1) is 0 Å². The SMILES string of the molecule is CCNC(C#N)CSC. The van der Waals surface area contributed by atoms with Gasteiger partial charge in [0.05, 0.1) is 6.07 Å². The number of thioether (sulfide) groups is 1. The van der Waals surface area contributed by atoms with Gasteiger partial charge in [0.1, 0.15) is 6.04 Å². The number of hydrogen-bond donors (Lipinski definition) is 1. The van der Waals surface area contributed by atoms with Gasteiger partial charge in [0, 0.05) is 5.75 Å². The van der Waals surface area contributed by atoms with E-state index >= 15 is 0 Å². The molecule has 2 nitrogen and oxygen atoms in total. The van der Waals surface area contributed by atoms with E-state index in [1.807, 2.05) is 13.2 Å². The molecule has 52 valence electrons. The summed E-state index contributed by atoms with van der Waals surface area (Å²) in [5.41, 5.74) is 0. The van der Waals surface area contributed by atoms with Crippen molar-refractivity contribution < 1.29 is 0 Å². The molecule has 1 unspecified atom stereocenters. The summed E-state index contributed by atoms with van der Waals surface area (Å²) < 4.78 is 0. The molecule has 0 bridgehead atoms. The molecule has 0 saturated heterocycles. The molecule has 0 fully saturated rings. The number of nitrogens with zero attached hydrogens (tertiary/aromatic N) is 1. The molecule has 0 rings (SSSR count). The summed E-state index contributed by atoms with van der Waals surface area (Å²) in [6, 6.07) is 2.20. The van der Waals surface area contributed by atoms with E-state index in [4.69, 9.17) is 5.26 Å². The second kappa shape index (κ2) is 5.93. The second-order valence-corrected chi connectivity index (χ2v) is 2.61. The van der Waals surface area contributed by atoms with Crippen LogP contribution in [0.5, 0.6) is 0 Å². The monoisotopic (exact) mass is 144 g/mol. The van der Waals surface area contributed by atoms with Crippen molar-refractivity contribution in [2.24, 2.45) is 0 Å². The highest BCUT2D eigenvalue weighted by Gasteiger charge is 2.01. The first-order valence-corrected chi connectivity index (χ1v) is 4.36. The summed E-state index contributed by atoms with van der Waals surface area (Å²) in [7, 11) is 0. The summed E-state index contributed by atoms with van der Waals surface area (Å²) in [6.07, 6.45) is 2.00. The van der Waals surface area contributed by atoms with Crippen molar-refractivity contribution in [3.8, 4) is 6.07 Å². The maximum atomic E-state index is 8.46. The summed E-state index contributed by atoms with van der Waals surface area (Å²) in [4.78, 5) is 0. The smallest absolute Gasteiger partial charge is 0.104 e. The molecule has 0 aliphatic heterocycles. The minimum atomic E-state index is 0.0324. The van der Waals surface area contributed by atoms with E-state index in [0.29, 0.717) is 0 Å². The summed E-state index contributed by atoms with van der Waals surface area (Å²) in [5.74, 6) is 0.879. The molecule has 1 atom stereocenters. The van der Waals surface area contributed by atoms with Crippen LogP contribution in [0.15, 0.2) is 0 Å². The average Bonchev–Trinajstić information content (AvgIpc) is 1.88. The van der Waals surface area contributed by atoms with Gasteiger partial charge in [-0.05, 0) is 12.8 Å². The molecule has 0 aromatic carbocycles. The topological polar surface area (TPSA) is 35.8 Å². The zero-order chi connectivity index (χ0) is 7.11. The van der Waals surface area contributed by atoms with Crippen molar-refractivity contribution in [2.75, 3.05) is 18.6 Å². The first kappa shape index (κ1) is 8.80. The van der Waals surface area contributed by atoms with Crippen LogP contribution >= 0.6 is 11.8 Å². The molecular formula is C6H12N2S. The number of nitrogens with one attached hydrogen (secondary N) is 1. The first-order chi connectivity index (χ1) is 4.35. The lowest BCUT2D eigenvalue weighted by atomic mass is 10.4. The number of rotatable bonds is 4. The average molecular weight is 144 g/mol. The molecule has 0 aliphatic carbocycles. The van der Waals surface area contributed by atoms with Crippen LogP contribution in [-0.4, -0.2) is 24.6 Å². The molecule has 0 aliphatic rings. The maximum absolute atomic E-state index is 8.46. The van der Waals surface area contributed by atoms with Gasteiger partial charge in [-0.1, -0.05) is 6.92 Å². The van der Waals surface area contributed by atoms with Crippen molar-refractivity contribution >= 4 is 11.8 Å². The summed E-state index contributed by atoms with van der Waals surface area (Å²) >= 11 is 1.69. The highest BCUT2D eigenvalue weighted by atomic mass is 32.2. The van der Waals surface area contributed by atoms with Gasteiger partial charge in [0.15, 0.2) is 0 Å². The Morgan fingerprint density at radius 1 is 1.78 bits per heavy atom. The van der Waals surface area contributed by atoms with Crippen LogP contribution in [0, 0.1) is 11.3 Å². The fraction of sp³-hybridized carbons (Fsp3) is 0.833. The van der Waals surface area contributed by atoms with E-state index < -0.39 is 0 Å². The molecule has 0 amide bonds. The Kier molecular flexibility index (Phi) is 5.80. The predicted octanol–water partition coefficient (Wildman–Crippen LogP) is 0.851. The zero-order valence-electron chi connectivity index (χ0n) is 5.85. The molecule has 0 radical (unpaired) electrons. The van der Waals surface area contributed by atoms with E-state index in [-0.39, 0.29) is 6.04 Å². The van der Waals surface area contributed by atoms with E-state index in [9.17, 15) is 0 Å². The van der Waals surface area contributed by atoms with E-state index in [0.717, 1.165) is 12.3 Å². The van der Waals surface area contributed by atoms with Gasteiger partial charge in [0.2, 0.25) is 0 Å². The lowest BCUT2D eigenvalue weighted by Gasteiger charge is -2.05. The Hall–Kier alpha value is -0.200. The first-order valence-electron chi connectivity index (χ1n) is 2.97. The normalized spacial score (nSPS) is 12.6. The van der Waals surface area contributed by atoms with Gasteiger partial charge in [-0.25, -0.2) is 0 Å².